The minimum absolute atomic E-state index is 0.307. The normalized spacial score (nSPS) is 26.1. The van der Waals surface area contributed by atoms with E-state index < -0.39 is 0 Å². The summed E-state index contributed by atoms with van der Waals surface area (Å²) in [6, 6.07) is 0. The van der Waals surface area contributed by atoms with E-state index in [1.54, 1.807) is 0 Å². The van der Waals surface area contributed by atoms with E-state index in [2.05, 4.69) is 33.3 Å². The van der Waals surface area contributed by atoms with E-state index in [1.807, 2.05) is 17.9 Å². The Balaban J connectivity index is 1.46. The fraction of sp³-hybridized carbons (Fsp3) is 0.826. The molecule has 162 valence electrons. The SMILES string of the molecule is CCNC(=NCC1(N2CCCCC2)CCCCC1)N1CCC(c2cnn(C)c2)C1. The van der Waals surface area contributed by atoms with Crippen LogP contribution in [-0.2, 0) is 7.05 Å². The Hall–Kier alpha value is -1.56. The zero-order valence-corrected chi connectivity index (χ0v) is 18.6. The topological polar surface area (TPSA) is 48.7 Å². The van der Waals surface area contributed by atoms with Crippen LogP contribution in [-0.4, -0.2) is 70.3 Å². The third-order valence-electron chi connectivity index (χ3n) is 7.35. The van der Waals surface area contributed by atoms with Crippen LogP contribution >= 0.6 is 0 Å². The van der Waals surface area contributed by atoms with Crippen LogP contribution < -0.4 is 5.32 Å². The van der Waals surface area contributed by atoms with Gasteiger partial charge < -0.3 is 10.2 Å². The smallest absolute Gasteiger partial charge is 0.194 e. The highest BCUT2D eigenvalue weighted by molar-refractivity contribution is 5.80. The molecule has 0 spiro atoms. The highest BCUT2D eigenvalue weighted by Gasteiger charge is 2.38. The predicted molar refractivity (Wildman–Crippen MR) is 119 cm³/mol. The van der Waals surface area contributed by atoms with E-state index in [0.29, 0.717) is 11.5 Å². The minimum atomic E-state index is 0.307. The fourth-order valence-electron chi connectivity index (χ4n) is 5.68. The quantitative estimate of drug-likeness (QED) is 0.608. The summed E-state index contributed by atoms with van der Waals surface area (Å²) in [4.78, 5) is 10.6. The van der Waals surface area contributed by atoms with Crippen molar-refractivity contribution in [1.82, 2.24) is 24.9 Å². The minimum Gasteiger partial charge on any atom is -0.357 e. The lowest BCUT2D eigenvalue weighted by Gasteiger charge is -2.47. The summed E-state index contributed by atoms with van der Waals surface area (Å²) in [5.41, 5.74) is 1.67. The zero-order chi connectivity index (χ0) is 20.1. The molecule has 1 saturated carbocycles. The van der Waals surface area contributed by atoms with Crippen molar-refractivity contribution in [3.05, 3.63) is 18.0 Å². The van der Waals surface area contributed by atoms with Gasteiger partial charge in [0.1, 0.15) is 0 Å². The van der Waals surface area contributed by atoms with Crippen molar-refractivity contribution in [2.45, 2.75) is 76.2 Å². The van der Waals surface area contributed by atoms with Crippen LogP contribution in [0.2, 0.25) is 0 Å². The number of aromatic nitrogens is 2. The highest BCUT2D eigenvalue weighted by Crippen LogP contribution is 2.36. The van der Waals surface area contributed by atoms with Crippen molar-refractivity contribution < 1.29 is 0 Å². The van der Waals surface area contributed by atoms with E-state index >= 15 is 0 Å². The Morgan fingerprint density at radius 3 is 2.59 bits per heavy atom. The first-order valence-corrected chi connectivity index (χ1v) is 12.0. The molecule has 1 N–H and O–H groups in total. The molecule has 0 amide bonds. The number of rotatable bonds is 5. The lowest BCUT2D eigenvalue weighted by molar-refractivity contribution is 0.0406. The maximum Gasteiger partial charge on any atom is 0.194 e. The van der Waals surface area contributed by atoms with Gasteiger partial charge in [-0.2, -0.15) is 5.10 Å². The molecular formula is C23H40N6. The van der Waals surface area contributed by atoms with Gasteiger partial charge >= 0.3 is 0 Å². The Bertz CT molecular complexity index is 669. The van der Waals surface area contributed by atoms with E-state index in [-0.39, 0.29) is 0 Å². The first kappa shape index (κ1) is 20.7. The number of hydrogen-bond donors (Lipinski definition) is 1. The molecule has 1 aromatic rings. The Labute approximate surface area is 176 Å². The first-order chi connectivity index (χ1) is 14.2. The number of piperidine rings is 1. The van der Waals surface area contributed by atoms with Gasteiger partial charge in [0.15, 0.2) is 5.96 Å². The Morgan fingerprint density at radius 2 is 1.90 bits per heavy atom. The van der Waals surface area contributed by atoms with Gasteiger partial charge in [-0.1, -0.05) is 25.7 Å². The molecule has 6 nitrogen and oxygen atoms in total. The van der Waals surface area contributed by atoms with E-state index in [1.165, 1.54) is 76.4 Å². The average molecular weight is 401 g/mol. The molecule has 4 rings (SSSR count). The molecule has 2 saturated heterocycles. The van der Waals surface area contributed by atoms with Crippen LogP contribution in [0.3, 0.4) is 0 Å². The van der Waals surface area contributed by atoms with Crippen LogP contribution in [0.25, 0.3) is 0 Å². The lowest BCUT2D eigenvalue weighted by atomic mass is 9.79. The van der Waals surface area contributed by atoms with Crippen molar-refractivity contribution in [1.29, 1.82) is 0 Å². The standard InChI is InChI=1S/C23H40N6/c1-3-24-22(28-15-10-20(18-28)21-16-26-27(2)17-21)25-19-23(11-6-4-7-12-23)29-13-8-5-9-14-29/h16-17,20H,3-15,18-19H2,1-2H3,(H,24,25). The van der Waals surface area contributed by atoms with Gasteiger partial charge in [0.25, 0.3) is 0 Å². The van der Waals surface area contributed by atoms with Gasteiger partial charge in [0.2, 0.25) is 0 Å². The van der Waals surface area contributed by atoms with Gasteiger partial charge in [0, 0.05) is 44.3 Å². The summed E-state index contributed by atoms with van der Waals surface area (Å²) in [6.07, 6.45) is 16.3. The summed E-state index contributed by atoms with van der Waals surface area (Å²) in [5, 5.41) is 7.97. The summed E-state index contributed by atoms with van der Waals surface area (Å²) in [5.74, 6) is 1.69. The molecule has 29 heavy (non-hydrogen) atoms. The number of nitrogens with one attached hydrogen (secondary N) is 1. The molecule has 1 atom stereocenters. The third-order valence-corrected chi connectivity index (χ3v) is 7.35. The van der Waals surface area contributed by atoms with Gasteiger partial charge in [0.05, 0.1) is 12.7 Å². The molecule has 6 heteroatoms. The summed E-state index contributed by atoms with van der Waals surface area (Å²) in [6.45, 7) is 8.77. The largest absolute Gasteiger partial charge is 0.357 e. The maximum atomic E-state index is 5.27. The summed E-state index contributed by atoms with van der Waals surface area (Å²) < 4.78 is 1.92. The van der Waals surface area contributed by atoms with Crippen molar-refractivity contribution >= 4 is 5.96 Å². The number of hydrogen-bond acceptors (Lipinski definition) is 3. The van der Waals surface area contributed by atoms with Crippen LogP contribution in [0, 0.1) is 0 Å². The van der Waals surface area contributed by atoms with Crippen LogP contribution in [0.1, 0.15) is 76.2 Å². The van der Waals surface area contributed by atoms with Crippen LogP contribution in [0.5, 0.6) is 0 Å². The van der Waals surface area contributed by atoms with E-state index in [9.17, 15) is 0 Å². The molecule has 0 radical (unpaired) electrons. The molecule has 1 aromatic heterocycles. The van der Waals surface area contributed by atoms with Gasteiger partial charge in [-0.25, -0.2) is 0 Å². The maximum absolute atomic E-state index is 5.27. The summed E-state index contributed by atoms with van der Waals surface area (Å²) in [7, 11) is 2.01. The second kappa shape index (κ2) is 9.50. The zero-order valence-electron chi connectivity index (χ0n) is 18.6. The molecule has 3 fully saturated rings. The number of aliphatic imine (C=N–C) groups is 1. The molecule has 2 aliphatic heterocycles. The monoisotopic (exact) mass is 400 g/mol. The van der Waals surface area contributed by atoms with Crippen molar-refractivity contribution in [2.75, 3.05) is 39.3 Å². The first-order valence-electron chi connectivity index (χ1n) is 12.0. The van der Waals surface area contributed by atoms with Crippen LogP contribution in [0.15, 0.2) is 17.4 Å². The molecule has 0 bridgehead atoms. The van der Waals surface area contributed by atoms with Gasteiger partial charge in [-0.15, -0.1) is 0 Å². The molecule has 3 aliphatic rings. The predicted octanol–water partition coefficient (Wildman–Crippen LogP) is 3.36. The fourth-order valence-corrected chi connectivity index (χ4v) is 5.68. The van der Waals surface area contributed by atoms with Gasteiger partial charge in [-0.05, 0) is 57.7 Å². The number of guanidine groups is 1. The molecule has 1 unspecified atom stereocenters. The van der Waals surface area contributed by atoms with Crippen LogP contribution in [0.4, 0.5) is 0 Å². The van der Waals surface area contributed by atoms with Crippen molar-refractivity contribution in [2.24, 2.45) is 12.0 Å². The Kier molecular flexibility index (Phi) is 6.78. The van der Waals surface area contributed by atoms with E-state index in [0.717, 1.165) is 32.1 Å². The number of likely N-dealkylation sites (tertiary alicyclic amines) is 2. The molecular weight excluding hydrogens is 360 g/mol. The van der Waals surface area contributed by atoms with Crippen molar-refractivity contribution in [3.63, 3.8) is 0 Å². The third kappa shape index (κ3) is 4.79. The number of aryl methyl sites for hydroxylation is 1. The molecule has 0 aromatic carbocycles. The highest BCUT2D eigenvalue weighted by atomic mass is 15.3. The molecule has 3 heterocycles. The van der Waals surface area contributed by atoms with Crippen molar-refractivity contribution in [3.8, 4) is 0 Å². The molecule has 1 aliphatic carbocycles. The average Bonchev–Trinajstić information content (AvgIpc) is 3.42. The number of nitrogens with zero attached hydrogens (tertiary/aromatic N) is 5. The Morgan fingerprint density at radius 1 is 1.14 bits per heavy atom. The second-order valence-corrected chi connectivity index (χ2v) is 9.38. The van der Waals surface area contributed by atoms with Gasteiger partial charge in [-0.3, -0.25) is 14.6 Å². The summed E-state index contributed by atoms with van der Waals surface area (Å²) >= 11 is 0. The lowest BCUT2D eigenvalue weighted by Crippen LogP contribution is -2.54. The van der Waals surface area contributed by atoms with E-state index in [4.69, 9.17) is 4.99 Å². The second-order valence-electron chi connectivity index (χ2n) is 9.38.